The minimum absolute atomic E-state index is 0.226. The van der Waals surface area contributed by atoms with Crippen molar-refractivity contribution < 1.29 is 18.0 Å². The van der Waals surface area contributed by atoms with Gasteiger partial charge in [0, 0.05) is 44.8 Å². The zero-order valence-corrected chi connectivity index (χ0v) is 11.6. The highest BCUT2D eigenvalue weighted by Gasteiger charge is 2.30. The first-order valence-electron chi connectivity index (χ1n) is 6.81. The van der Waals surface area contributed by atoms with Crippen LogP contribution in [0.2, 0.25) is 0 Å². The van der Waals surface area contributed by atoms with Crippen molar-refractivity contribution in [1.29, 1.82) is 0 Å². The second-order valence-corrected chi connectivity index (χ2v) is 5.00. The molecule has 0 spiro atoms. The Bertz CT molecular complexity index is 479. The summed E-state index contributed by atoms with van der Waals surface area (Å²) in [7, 11) is 0. The predicted octanol–water partition coefficient (Wildman–Crippen LogP) is 1.42. The Balaban J connectivity index is 1.98. The first-order valence-corrected chi connectivity index (χ1v) is 6.81. The Kier molecular flexibility index (Phi) is 4.84. The Hall–Kier alpha value is -1.60. The Morgan fingerprint density at radius 3 is 2.14 bits per heavy atom. The molecule has 0 bridgehead atoms. The molecule has 1 aliphatic rings. The van der Waals surface area contributed by atoms with Crippen LogP contribution in [0.3, 0.4) is 0 Å². The molecule has 21 heavy (non-hydrogen) atoms. The largest absolute Gasteiger partial charge is 0.416 e. The van der Waals surface area contributed by atoms with Gasteiger partial charge in [-0.25, -0.2) is 0 Å². The van der Waals surface area contributed by atoms with E-state index in [-0.39, 0.29) is 11.5 Å². The van der Waals surface area contributed by atoms with E-state index >= 15 is 0 Å². The van der Waals surface area contributed by atoms with Gasteiger partial charge in [-0.3, -0.25) is 9.69 Å². The summed E-state index contributed by atoms with van der Waals surface area (Å²) < 4.78 is 37.4. The van der Waals surface area contributed by atoms with Gasteiger partial charge in [0.05, 0.1) is 5.56 Å². The number of alkyl halides is 3. The number of carbonyl (C=O) groups is 1. The molecule has 2 rings (SSSR count). The SMILES string of the molecule is NCCN1CCN(C(=O)c2ccc(C(F)(F)F)cc2)CC1. The highest BCUT2D eigenvalue weighted by Crippen LogP contribution is 2.29. The van der Waals surface area contributed by atoms with Gasteiger partial charge in [-0.1, -0.05) is 0 Å². The van der Waals surface area contributed by atoms with Crippen molar-refractivity contribution in [2.24, 2.45) is 5.73 Å². The minimum atomic E-state index is -4.38. The van der Waals surface area contributed by atoms with Gasteiger partial charge >= 0.3 is 6.18 Å². The lowest BCUT2D eigenvalue weighted by Gasteiger charge is -2.34. The number of nitrogens with zero attached hydrogens (tertiary/aromatic N) is 2. The summed E-state index contributed by atoms with van der Waals surface area (Å²) in [6, 6.07) is 4.35. The van der Waals surface area contributed by atoms with Crippen LogP contribution in [-0.2, 0) is 6.18 Å². The molecule has 1 aromatic rings. The van der Waals surface area contributed by atoms with Gasteiger partial charge in [0.25, 0.3) is 5.91 Å². The summed E-state index contributed by atoms with van der Waals surface area (Å²) >= 11 is 0. The molecule has 4 nitrogen and oxygen atoms in total. The van der Waals surface area contributed by atoms with Crippen molar-refractivity contribution >= 4 is 5.91 Å². The lowest BCUT2D eigenvalue weighted by molar-refractivity contribution is -0.137. The normalized spacial score (nSPS) is 17.0. The molecule has 0 unspecified atom stereocenters. The molecule has 1 aromatic carbocycles. The van der Waals surface area contributed by atoms with Crippen LogP contribution in [0.25, 0.3) is 0 Å². The number of piperazine rings is 1. The van der Waals surface area contributed by atoms with E-state index in [2.05, 4.69) is 4.90 Å². The molecule has 0 atom stereocenters. The first kappa shape index (κ1) is 15.8. The third-order valence-electron chi connectivity index (χ3n) is 3.56. The zero-order valence-electron chi connectivity index (χ0n) is 11.6. The predicted molar refractivity (Wildman–Crippen MR) is 72.8 cm³/mol. The number of halogens is 3. The summed E-state index contributed by atoms with van der Waals surface area (Å²) in [6.45, 7) is 3.99. The molecule has 1 aliphatic heterocycles. The third-order valence-corrected chi connectivity index (χ3v) is 3.56. The van der Waals surface area contributed by atoms with Gasteiger partial charge in [0.2, 0.25) is 0 Å². The molecule has 1 fully saturated rings. The lowest BCUT2D eigenvalue weighted by atomic mass is 10.1. The van der Waals surface area contributed by atoms with E-state index < -0.39 is 11.7 Å². The number of rotatable bonds is 3. The molecule has 7 heteroatoms. The zero-order chi connectivity index (χ0) is 15.5. The van der Waals surface area contributed by atoms with Crippen LogP contribution >= 0.6 is 0 Å². The summed E-state index contributed by atoms with van der Waals surface area (Å²) in [5.74, 6) is -0.226. The quantitative estimate of drug-likeness (QED) is 0.918. The van der Waals surface area contributed by atoms with Crippen molar-refractivity contribution in [1.82, 2.24) is 9.80 Å². The van der Waals surface area contributed by atoms with E-state index in [9.17, 15) is 18.0 Å². The van der Waals surface area contributed by atoms with E-state index in [4.69, 9.17) is 5.73 Å². The van der Waals surface area contributed by atoms with Crippen molar-refractivity contribution in [3.63, 3.8) is 0 Å². The van der Waals surface area contributed by atoms with Crippen molar-refractivity contribution in [3.05, 3.63) is 35.4 Å². The summed E-state index contributed by atoms with van der Waals surface area (Å²) in [4.78, 5) is 16.1. The molecule has 1 heterocycles. The number of nitrogens with two attached hydrogens (primary N) is 1. The fourth-order valence-corrected chi connectivity index (χ4v) is 2.34. The van der Waals surface area contributed by atoms with Crippen molar-refractivity contribution in [3.8, 4) is 0 Å². The molecule has 0 radical (unpaired) electrons. The van der Waals surface area contributed by atoms with Gasteiger partial charge in [0.1, 0.15) is 0 Å². The number of hydrogen-bond donors (Lipinski definition) is 1. The summed E-state index contributed by atoms with van der Waals surface area (Å²) in [5.41, 5.74) is 5.02. The van der Waals surface area contributed by atoms with E-state index in [1.807, 2.05) is 0 Å². The molecular formula is C14H18F3N3O. The smallest absolute Gasteiger partial charge is 0.336 e. The van der Waals surface area contributed by atoms with Gasteiger partial charge in [-0.15, -0.1) is 0 Å². The maximum absolute atomic E-state index is 12.5. The first-order chi connectivity index (χ1) is 9.91. The maximum Gasteiger partial charge on any atom is 0.416 e. The molecule has 116 valence electrons. The monoisotopic (exact) mass is 301 g/mol. The average Bonchev–Trinajstić information content (AvgIpc) is 2.47. The molecular weight excluding hydrogens is 283 g/mol. The summed E-state index contributed by atoms with van der Waals surface area (Å²) in [6.07, 6.45) is -4.38. The van der Waals surface area contributed by atoms with Crippen LogP contribution in [0, 0.1) is 0 Å². The second kappa shape index (κ2) is 6.44. The maximum atomic E-state index is 12.5. The van der Waals surface area contributed by atoms with Gasteiger partial charge in [-0.05, 0) is 24.3 Å². The van der Waals surface area contributed by atoms with Crippen LogP contribution in [-0.4, -0.2) is 55.0 Å². The van der Waals surface area contributed by atoms with Crippen LogP contribution in [0.5, 0.6) is 0 Å². The fraction of sp³-hybridized carbons (Fsp3) is 0.500. The molecule has 1 amide bonds. The van der Waals surface area contributed by atoms with Gasteiger partial charge in [0.15, 0.2) is 0 Å². The Labute approximate surface area is 121 Å². The third kappa shape index (κ3) is 3.95. The summed E-state index contributed by atoms with van der Waals surface area (Å²) in [5, 5.41) is 0. The fourth-order valence-electron chi connectivity index (χ4n) is 2.34. The van der Waals surface area contributed by atoms with E-state index in [0.717, 1.165) is 31.8 Å². The molecule has 0 aromatic heterocycles. The van der Waals surface area contributed by atoms with Crippen LogP contribution in [0.15, 0.2) is 24.3 Å². The Morgan fingerprint density at radius 1 is 1.10 bits per heavy atom. The second-order valence-electron chi connectivity index (χ2n) is 5.00. The van der Waals surface area contributed by atoms with Crippen molar-refractivity contribution in [2.45, 2.75) is 6.18 Å². The van der Waals surface area contributed by atoms with E-state index in [1.54, 1.807) is 4.90 Å². The molecule has 2 N–H and O–H groups in total. The lowest BCUT2D eigenvalue weighted by Crippen LogP contribution is -2.49. The highest BCUT2D eigenvalue weighted by molar-refractivity contribution is 5.94. The number of carbonyl (C=O) groups excluding carboxylic acids is 1. The minimum Gasteiger partial charge on any atom is -0.336 e. The highest BCUT2D eigenvalue weighted by atomic mass is 19.4. The Morgan fingerprint density at radius 2 is 1.67 bits per heavy atom. The standard InChI is InChI=1S/C14H18F3N3O/c15-14(16,17)12-3-1-11(2-4-12)13(21)20-9-7-19(6-5-18)8-10-20/h1-4H,5-10,18H2. The van der Waals surface area contributed by atoms with Crippen LogP contribution in [0.4, 0.5) is 13.2 Å². The topological polar surface area (TPSA) is 49.6 Å². The van der Waals surface area contributed by atoms with E-state index in [1.165, 1.54) is 12.1 Å². The molecule has 0 saturated carbocycles. The molecule has 0 aliphatic carbocycles. The van der Waals surface area contributed by atoms with Crippen LogP contribution in [0.1, 0.15) is 15.9 Å². The van der Waals surface area contributed by atoms with Gasteiger partial charge < -0.3 is 10.6 Å². The van der Waals surface area contributed by atoms with Crippen molar-refractivity contribution in [2.75, 3.05) is 39.3 Å². The van der Waals surface area contributed by atoms with Crippen LogP contribution < -0.4 is 5.73 Å². The number of amides is 1. The van der Waals surface area contributed by atoms with E-state index in [0.29, 0.717) is 19.6 Å². The average molecular weight is 301 g/mol. The number of benzene rings is 1. The molecule has 1 saturated heterocycles. The number of hydrogen-bond acceptors (Lipinski definition) is 3. The van der Waals surface area contributed by atoms with Gasteiger partial charge in [-0.2, -0.15) is 13.2 Å².